The standard InChI is InChI=1S/C23H29N3O3/c1-24-19-8-4-5-9-20(19)26(23(24)27)12-7-6-11-25-13-10-17-14-21(28-2)22(29-3)15-18(17)16-25/h4-5,8-9,14-15H,6-7,10-13,16H2,1-3H3. The van der Waals surface area contributed by atoms with Crippen LogP contribution >= 0.6 is 0 Å². The van der Waals surface area contributed by atoms with E-state index in [2.05, 4.69) is 17.0 Å². The molecule has 1 aromatic heterocycles. The lowest BCUT2D eigenvalue weighted by Crippen LogP contribution is -2.31. The number of imidazole rings is 1. The highest BCUT2D eigenvalue weighted by Gasteiger charge is 2.19. The minimum absolute atomic E-state index is 0.0687. The van der Waals surface area contributed by atoms with Gasteiger partial charge in [0.1, 0.15) is 0 Å². The highest BCUT2D eigenvalue weighted by atomic mass is 16.5. The maximum absolute atomic E-state index is 12.5. The zero-order valence-electron chi connectivity index (χ0n) is 17.5. The molecule has 0 saturated heterocycles. The molecule has 2 aromatic carbocycles. The van der Waals surface area contributed by atoms with Crippen LogP contribution in [0.5, 0.6) is 11.5 Å². The fourth-order valence-corrected chi connectivity index (χ4v) is 4.32. The molecule has 6 heteroatoms. The van der Waals surface area contributed by atoms with Crippen LogP contribution in [0.25, 0.3) is 11.0 Å². The largest absolute Gasteiger partial charge is 0.493 e. The number of hydrogen-bond acceptors (Lipinski definition) is 4. The van der Waals surface area contributed by atoms with Crippen LogP contribution < -0.4 is 15.2 Å². The lowest BCUT2D eigenvalue weighted by molar-refractivity contribution is 0.246. The molecule has 2 heterocycles. The number of fused-ring (bicyclic) bond motifs is 2. The molecular formula is C23H29N3O3. The molecule has 0 amide bonds. The molecule has 3 aromatic rings. The smallest absolute Gasteiger partial charge is 0.328 e. The first-order valence-corrected chi connectivity index (χ1v) is 10.2. The molecule has 4 rings (SSSR count). The van der Waals surface area contributed by atoms with Gasteiger partial charge in [-0.1, -0.05) is 12.1 Å². The fourth-order valence-electron chi connectivity index (χ4n) is 4.32. The molecule has 154 valence electrons. The summed E-state index contributed by atoms with van der Waals surface area (Å²) in [5.41, 5.74) is 4.75. The quantitative estimate of drug-likeness (QED) is 0.577. The molecular weight excluding hydrogens is 366 g/mol. The van der Waals surface area contributed by atoms with Crippen molar-refractivity contribution in [2.75, 3.05) is 27.3 Å². The summed E-state index contributed by atoms with van der Waals surface area (Å²) in [6, 6.07) is 12.2. The zero-order chi connectivity index (χ0) is 20.4. The highest BCUT2D eigenvalue weighted by Crippen LogP contribution is 2.33. The van der Waals surface area contributed by atoms with Gasteiger partial charge >= 0.3 is 5.69 Å². The molecule has 0 bridgehead atoms. The van der Waals surface area contributed by atoms with Crippen LogP contribution in [-0.4, -0.2) is 41.3 Å². The van der Waals surface area contributed by atoms with E-state index in [9.17, 15) is 4.79 Å². The lowest BCUT2D eigenvalue weighted by atomic mass is 9.98. The lowest BCUT2D eigenvalue weighted by Gasteiger charge is -2.29. The number of aryl methyl sites for hydroxylation is 2. The summed E-state index contributed by atoms with van der Waals surface area (Å²) >= 11 is 0. The van der Waals surface area contributed by atoms with Crippen LogP contribution in [0.1, 0.15) is 24.0 Å². The van der Waals surface area contributed by atoms with Gasteiger partial charge in [-0.15, -0.1) is 0 Å². The molecule has 0 unspecified atom stereocenters. The molecule has 6 nitrogen and oxygen atoms in total. The maximum Gasteiger partial charge on any atom is 0.328 e. The second-order valence-electron chi connectivity index (χ2n) is 7.69. The molecule has 1 aliphatic heterocycles. The van der Waals surface area contributed by atoms with Crippen LogP contribution in [0.2, 0.25) is 0 Å². The van der Waals surface area contributed by atoms with E-state index in [0.717, 1.165) is 68.0 Å². The van der Waals surface area contributed by atoms with Crippen molar-refractivity contribution >= 4 is 11.0 Å². The Hall–Kier alpha value is -2.73. The summed E-state index contributed by atoms with van der Waals surface area (Å²) in [6.07, 6.45) is 3.08. The van der Waals surface area contributed by atoms with E-state index >= 15 is 0 Å². The molecule has 0 aliphatic carbocycles. The van der Waals surface area contributed by atoms with Gasteiger partial charge in [0, 0.05) is 26.7 Å². The summed E-state index contributed by atoms with van der Waals surface area (Å²) in [5, 5.41) is 0. The fraction of sp³-hybridized carbons (Fsp3) is 0.435. The summed E-state index contributed by atoms with van der Waals surface area (Å²) in [7, 11) is 5.20. The molecule has 0 N–H and O–H groups in total. The summed E-state index contributed by atoms with van der Waals surface area (Å²) in [6.45, 7) is 3.78. The van der Waals surface area contributed by atoms with Crippen molar-refractivity contribution in [1.82, 2.24) is 14.0 Å². The maximum atomic E-state index is 12.5. The Morgan fingerprint density at radius 1 is 0.931 bits per heavy atom. The Bertz CT molecular complexity index is 1070. The monoisotopic (exact) mass is 395 g/mol. The van der Waals surface area contributed by atoms with Crippen molar-refractivity contribution in [3.05, 3.63) is 58.0 Å². The summed E-state index contributed by atoms with van der Waals surface area (Å²) in [4.78, 5) is 15.0. The number of rotatable bonds is 7. The summed E-state index contributed by atoms with van der Waals surface area (Å²) in [5.74, 6) is 1.60. The van der Waals surface area contributed by atoms with Crippen molar-refractivity contribution in [2.24, 2.45) is 7.05 Å². The Morgan fingerprint density at radius 3 is 2.31 bits per heavy atom. The van der Waals surface area contributed by atoms with Gasteiger partial charge < -0.3 is 9.47 Å². The topological polar surface area (TPSA) is 48.6 Å². The van der Waals surface area contributed by atoms with Crippen molar-refractivity contribution in [3.8, 4) is 11.5 Å². The first kappa shape index (κ1) is 19.6. The van der Waals surface area contributed by atoms with E-state index in [-0.39, 0.29) is 5.69 Å². The van der Waals surface area contributed by atoms with Crippen molar-refractivity contribution in [2.45, 2.75) is 32.4 Å². The molecule has 0 saturated carbocycles. The Labute approximate surface area is 171 Å². The predicted octanol–water partition coefficient (Wildman–Crippen LogP) is 3.20. The van der Waals surface area contributed by atoms with Crippen LogP contribution in [0.15, 0.2) is 41.2 Å². The van der Waals surface area contributed by atoms with Crippen LogP contribution in [0.4, 0.5) is 0 Å². The van der Waals surface area contributed by atoms with E-state index in [0.29, 0.717) is 0 Å². The number of benzene rings is 2. The van der Waals surface area contributed by atoms with Gasteiger partial charge in [-0.05, 0) is 61.2 Å². The molecule has 1 aliphatic rings. The second kappa shape index (κ2) is 8.33. The van der Waals surface area contributed by atoms with Crippen LogP contribution in [-0.2, 0) is 26.6 Å². The van der Waals surface area contributed by atoms with E-state index in [1.807, 2.05) is 35.9 Å². The highest BCUT2D eigenvalue weighted by molar-refractivity contribution is 5.75. The van der Waals surface area contributed by atoms with Crippen LogP contribution in [0.3, 0.4) is 0 Å². The molecule has 0 spiro atoms. The third kappa shape index (κ3) is 3.77. The average molecular weight is 396 g/mol. The predicted molar refractivity (Wildman–Crippen MR) is 115 cm³/mol. The molecule has 29 heavy (non-hydrogen) atoms. The average Bonchev–Trinajstić information content (AvgIpc) is 3.00. The van der Waals surface area contributed by atoms with Gasteiger partial charge in [-0.2, -0.15) is 0 Å². The number of ether oxygens (including phenoxy) is 2. The van der Waals surface area contributed by atoms with Gasteiger partial charge in [-0.3, -0.25) is 14.0 Å². The Morgan fingerprint density at radius 2 is 1.59 bits per heavy atom. The number of hydrogen-bond donors (Lipinski definition) is 0. The minimum Gasteiger partial charge on any atom is -0.493 e. The van der Waals surface area contributed by atoms with Crippen molar-refractivity contribution < 1.29 is 9.47 Å². The minimum atomic E-state index is 0.0687. The number of methoxy groups -OCH3 is 2. The first-order valence-electron chi connectivity index (χ1n) is 10.2. The molecule has 0 atom stereocenters. The van der Waals surface area contributed by atoms with Crippen molar-refractivity contribution in [1.29, 1.82) is 0 Å². The number of nitrogens with zero attached hydrogens (tertiary/aromatic N) is 3. The zero-order valence-corrected chi connectivity index (χ0v) is 17.5. The van der Waals surface area contributed by atoms with Gasteiger partial charge in [0.15, 0.2) is 11.5 Å². The SMILES string of the molecule is COc1cc2c(cc1OC)CN(CCCCn1c(=O)n(C)c3ccccc31)CC2. The van der Waals surface area contributed by atoms with Crippen molar-refractivity contribution in [3.63, 3.8) is 0 Å². The number of aromatic nitrogens is 2. The molecule has 0 radical (unpaired) electrons. The third-order valence-corrected chi connectivity index (χ3v) is 5.95. The Balaban J connectivity index is 1.36. The first-order chi connectivity index (χ1) is 14.1. The van der Waals surface area contributed by atoms with Gasteiger partial charge in [0.05, 0.1) is 25.3 Å². The number of para-hydroxylation sites is 2. The van der Waals surface area contributed by atoms with E-state index in [1.54, 1.807) is 18.8 Å². The van der Waals surface area contributed by atoms with E-state index in [1.165, 1.54) is 11.1 Å². The van der Waals surface area contributed by atoms with E-state index < -0.39 is 0 Å². The van der Waals surface area contributed by atoms with Gasteiger partial charge in [0.2, 0.25) is 0 Å². The van der Waals surface area contributed by atoms with Gasteiger partial charge in [-0.25, -0.2) is 4.79 Å². The second-order valence-corrected chi connectivity index (χ2v) is 7.69. The Kier molecular flexibility index (Phi) is 5.62. The van der Waals surface area contributed by atoms with Crippen LogP contribution in [0, 0.1) is 0 Å². The van der Waals surface area contributed by atoms with E-state index in [4.69, 9.17) is 9.47 Å². The number of unbranched alkanes of at least 4 members (excludes halogenated alkanes) is 1. The molecule has 0 fully saturated rings. The normalized spacial score (nSPS) is 14.2. The van der Waals surface area contributed by atoms with Gasteiger partial charge in [0.25, 0.3) is 0 Å². The third-order valence-electron chi connectivity index (χ3n) is 5.95. The summed E-state index contributed by atoms with van der Waals surface area (Å²) < 4.78 is 14.5.